The van der Waals surface area contributed by atoms with E-state index in [1.54, 1.807) is 6.92 Å². The predicted molar refractivity (Wildman–Crippen MR) is 90.6 cm³/mol. The zero-order valence-electron chi connectivity index (χ0n) is 15.6. The number of amides is 4. The van der Waals surface area contributed by atoms with Gasteiger partial charge in [-0.3, -0.25) is 14.5 Å². The molecule has 9 heteroatoms. The molecule has 2 aliphatic carbocycles. The van der Waals surface area contributed by atoms with Gasteiger partial charge in [-0.1, -0.05) is 19.8 Å². The first kappa shape index (κ1) is 19.9. The van der Waals surface area contributed by atoms with Gasteiger partial charge in [0.25, 0.3) is 5.91 Å². The lowest BCUT2D eigenvalue weighted by Crippen LogP contribution is -2.54. The van der Waals surface area contributed by atoms with Crippen LogP contribution in [0, 0.1) is 11.8 Å². The second-order valence-corrected chi connectivity index (χ2v) is 8.15. The molecule has 1 aliphatic heterocycles. The van der Waals surface area contributed by atoms with Crippen molar-refractivity contribution in [2.75, 3.05) is 13.1 Å². The number of halogens is 3. The first-order valence-corrected chi connectivity index (χ1v) is 9.55. The quantitative estimate of drug-likeness (QED) is 0.735. The van der Waals surface area contributed by atoms with Crippen molar-refractivity contribution in [1.29, 1.82) is 0 Å². The fourth-order valence-electron chi connectivity index (χ4n) is 4.35. The maximum atomic E-state index is 13.0. The third-order valence-corrected chi connectivity index (χ3v) is 6.26. The minimum absolute atomic E-state index is 0.0455. The van der Waals surface area contributed by atoms with Crippen molar-refractivity contribution in [3.05, 3.63) is 0 Å². The Labute approximate surface area is 156 Å². The second-order valence-electron chi connectivity index (χ2n) is 8.15. The highest BCUT2D eigenvalue weighted by Gasteiger charge is 2.55. The molecule has 0 aromatic rings. The van der Waals surface area contributed by atoms with Crippen LogP contribution in [0.15, 0.2) is 0 Å². The highest BCUT2D eigenvalue weighted by Crippen LogP contribution is 2.39. The summed E-state index contributed by atoms with van der Waals surface area (Å²) in [6.07, 6.45) is 0.0650. The minimum Gasteiger partial charge on any atom is -0.329 e. The first-order valence-electron chi connectivity index (χ1n) is 9.55. The van der Waals surface area contributed by atoms with Gasteiger partial charge >= 0.3 is 12.2 Å². The lowest BCUT2D eigenvalue weighted by Gasteiger charge is -2.37. The van der Waals surface area contributed by atoms with Gasteiger partial charge in [0.2, 0.25) is 5.91 Å². The summed E-state index contributed by atoms with van der Waals surface area (Å²) in [6, 6.07) is -1.25. The molecule has 0 aromatic heterocycles. The third-order valence-electron chi connectivity index (χ3n) is 6.26. The van der Waals surface area contributed by atoms with Gasteiger partial charge in [0, 0.05) is 6.04 Å². The Hall–Kier alpha value is -1.80. The molecule has 1 heterocycles. The number of alkyl halides is 3. The van der Waals surface area contributed by atoms with Gasteiger partial charge in [0.1, 0.15) is 18.6 Å². The van der Waals surface area contributed by atoms with E-state index in [0.29, 0.717) is 6.42 Å². The smallest absolute Gasteiger partial charge is 0.329 e. The molecule has 3 aliphatic rings. The Kier molecular flexibility index (Phi) is 5.16. The fourth-order valence-corrected chi connectivity index (χ4v) is 4.35. The second kappa shape index (κ2) is 6.98. The van der Waals surface area contributed by atoms with Gasteiger partial charge in [-0.25, -0.2) is 4.79 Å². The number of nitrogens with one attached hydrogen (secondary N) is 1. The van der Waals surface area contributed by atoms with Crippen molar-refractivity contribution in [2.24, 2.45) is 11.8 Å². The largest absolute Gasteiger partial charge is 0.406 e. The Balaban J connectivity index is 1.74. The Morgan fingerprint density at radius 1 is 1.30 bits per heavy atom. The van der Waals surface area contributed by atoms with E-state index in [2.05, 4.69) is 5.32 Å². The summed E-state index contributed by atoms with van der Waals surface area (Å²) in [5, 5.41) is 2.72. The van der Waals surface area contributed by atoms with Crippen LogP contribution < -0.4 is 5.32 Å². The summed E-state index contributed by atoms with van der Waals surface area (Å²) >= 11 is 0. The number of urea groups is 1. The van der Waals surface area contributed by atoms with Crippen molar-refractivity contribution in [2.45, 2.75) is 70.1 Å². The minimum atomic E-state index is -4.53. The average Bonchev–Trinajstić information content (AvgIpc) is 3.39. The Morgan fingerprint density at radius 3 is 2.52 bits per heavy atom. The number of hydrogen-bond acceptors (Lipinski definition) is 3. The topological polar surface area (TPSA) is 69.7 Å². The fraction of sp³-hybridized carbons (Fsp3) is 0.833. The molecular weight excluding hydrogens is 363 g/mol. The lowest BCUT2D eigenvalue weighted by molar-refractivity contribution is -0.166. The molecule has 3 fully saturated rings. The van der Waals surface area contributed by atoms with Gasteiger partial charge in [0.15, 0.2) is 0 Å². The summed E-state index contributed by atoms with van der Waals surface area (Å²) in [4.78, 5) is 39.5. The van der Waals surface area contributed by atoms with Crippen LogP contribution in [-0.4, -0.2) is 58.5 Å². The van der Waals surface area contributed by atoms with Crippen LogP contribution in [0.5, 0.6) is 0 Å². The van der Waals surface area contributed by atoms with E-state index in [1.807, 2.05) is 6.92 Å². The van der Waals surface area contributed by atoms with Gasteiger partial charge < -0.3 is 10.2 Å². The Morgan fingerprint density at radius 2 is 1.96 bits per heavy atom. The molecule has 3 atom stereocenters. The molecule has 0 unspecified atom stereocenters. The van der Waals surface area contributed by atoms with Gasteiger partial charge in [-0.15, -0.1) is 0 Å². The highest BCUT2D eigenvalue weighted by molar-refractivity contribution is 6.09. The van der Waals surface area contributed by atoms with Crippen LogP contribution >= 0.6 is 0 Å². The van der Waals surface area contributed by atoms with Gasteiger partial charge in [0.05, 0.1) is 0 Å². The van der Waals surface area contributed by atoms with E-state index in [0.717, 1.165) is 41.9 Å². The SMILES string of the molecule is C[C@@H]1CCCC[C@@]12NC(=O)N(CC(=O)N(CC(F)(F)F)[C@@H](C)C1CC1)C2=O. The summed E-state index contributed by atoms with van der Waals surface area (Å²) in [5.74, 6) is -1.35. The number of imide groups is 1. The van der Waals surface area contributed by atoms with E-state index < -0.39 is 48.7 Å². The van der Waals surface area contributed by atoms with Crippen molar-refractivity contribution in [3.63, 3.8) is 0 Å². The van der Waals surface area contributed by atoms with Crippen LogP contribution in [0.1, 0.15) is 52.4 Å². The molecule has 0 radical (unpaired) electrons. The molecule has 152 valence electrons. The number of hydrogen-bond donors (Lipinski definition) is 1. The molecule has 3 rings (SSSR count). The highest BCUT2D eigenvalue weighted by atomic mass is 19.4. The van der Waals surface area contributed by atoms with Crippen LogP contribution in [0.3, 0.4) is 0 Å². The van der Waals surface area contributed by atoms with E-state index in [4.69, 9.17) is 0 Å². The number of nitrogens with zero attached hydrogens (tertiary/aromatic N) is 2. The van der Waals surface area contributed by atoms with Gasteiger partial charge in [-0.05, 0) is 44.4 Å². The van der Waals surface area contributed by atoms with E-state index in [9.17, 15) is 27.6 Å². The number of rotatable bonds is 5. The van der Waals surface area contributed by atoms with Crippen molar-refractivity contribution in [3.8, 4) is 0 Å². The molecule has 1 spiro atoms. The zero-order chi connectivity index (χ0) is 20.0. The molecule has 1 saturated heterocycles. The molecule has 4 amide bonds. The first-order chi connectivity index (χ1) is 12.5. The summed E-state index contributed by atoms with van der Waals surface area (Å²) < 4.78 is 38.9. The maximum absolute atomic E-state index is 13.0. The molecule has 6 nitrogen and oxygen atoms in total. The Bertz CT molecular complexity index is 635. The van der Waals surface area contributed by atoms with Gasteiger partial charge in [-0.2, -0.15) is 13.2 Å². The van der Waals surface area contributed by atoms with E-state index in [-0.39, 0.29) is 11.8 Å². The third kappa shape index (κ3) is 3.91. The van der Waals surface area contributed by atoms with Crippen LogP contribution in [0.4, 0.5) is 18.0 Å². The molecule has 0 aromatic carbocycles. The number of carbonyl (C=O) groups is 3. The molecular formula is C18H26F3N3O3. The molecule has 0 bridgehead atoms. The van der Waals surface area contributed by atoms with Crippen LogP contribution in [-0.2, 0) is 9.59 Å². The molecule has 2 saturated carbocycles. The monoisotopic (exact) mass is 389 g/mol. The summed E-state index contributed by atoms with van der Waals surface area (Å²) in [5.41, 5.74) is -1.02. The van der Waals surface area contributed by atoms with Crippen molar-refractivity contribution in [1.82, 2.24) is 15.1 Å². The summed E-state index contributed by atoms with van der Waals surface area (Å²) in [6.45, 7) is 1.46. The normalized spacial score (nSPS) is 29.8. The predicted octanol–water partition coefficient (Wildman–Crippen LogP) is 2.68. The lowest BCUT2D eigenvalue weighted by atomic mass is 9.73. The molecule has 1 N–H and O–H groups in total. The molecule has 27 heavy (non-hydrogen) atoms. The summed E-state index contributed by atoms with van der Waals surface area (Å²) in [7, 11) is 0. The number of carbonyl (C=O) groups excluding carboxylic acids is 3. The van der Waals surface area contributed by atoms with Crippen molar-refractivity contribution >= 4 is 17.8 Å². The van der Waals surface area contributed by atoms with E-state index >= 15 is 0 Å². The van der Waals surface area contributed by atoms with Crippen molar-refractivity contribution < 1.29 is 27.6 Å². The standard InChI is InChI=1S/C18H26F3N3O3/c1-11-5-3-4-8-17(11)15(26)23(16(27)22-17)9-14(25)24(10-18(19,20)21)12(2)13-6-7-13/h11-13H,3-10H2,1-2H3,(H,22,27)/t11-,12+,17-/m1/s1. The van der Waals surface area contributed by atoms with E-state index in [1.165, 1.54) is 0 Å². The van der Waals surface area contributed by atoms with Crippen LogP contribution in [0.25, 0.3) is 0 Å². The maximum Gasteiger partial charge on any atom is 0.406 e. The zero-order valence-corrected chi connectivity index (χ0v) is 15.6. The average molecular weight is 389 g/mol. The van der Waals surface area contributed by atoms with Crippen LogP contribution in [0.2, 0.25) is 0 Å².